The zero-order valence-corrected chi connectivity index (χ0v) is 30.9. The van der Waals surface area contributed by atoms with Crippen molar-refractivity contribution in [3.05, 3.63) is 206 Å². The first-order valence-electron chi connectivity index (χ1n) is 19.3. The number of aromatic nitrogens is 4. The predicted molar refractivity (Wildman–Crippen MR) is 236 cm³/mol. The van der Waals surface area contributed by atoms with E-state index < -0.39 is 0 Å². The third-order valence-electron chi connectivity index (χ3n) is 11.1. The van der Waals surface area contributed by atoms with Crippen LogP contribution in [0.25, 0.3) is 105 Å². The van der Waals surface area contributed by atoms with Crippen LogP contribution in [0.2, 0.25) is 0 Å². The molecule has 0 aliphatic heterocycles. The first-order valence-corrected chi connectivity index (χ1v) is 19.3. The lowest BCUT2D eigenvalue weighted by atomic mass is 9.84. The molecule has 0 bridgehead atoms. The number of hydrogen-bond acceptors (Lipinski definition) is 3. The zero-order chi connectivity index (χ0) is 37.7. The number of rotatable bonds is 6. The van der Waals surface area contributed by atoms with Gasteiger partial charge < -0.3 is 0 Å². The van der Waals surface area contributed by atoms with Gasteiger partial charge in [-0.05, 0) is 108 Å². The predicted octanol–water partition coefficient (Wildman–Crippen LogP) is 13.6. The third-order valence-corrected chi connectivity index (χ3v) is 11.1. The van der Waals surface area contributed by atoms with E-state index in [1.807, 2.05) is 42.6 Å². The minimum absolute atomic E-state index is 0.739. The lowest BCUT2D eigenvalue weighted by molar-refractivity contribution is 1.07. The highest BCUT2D eigenvalue weighted by Crippen LogP contribution is 2.45. The summed E-state index contributed by atoms with van der Waals surface area (Å²) in [7, 11) is 0. The van der Waals surface area contributed by atoms with Crippen LogP contribution < -0.4 is 0 Å². The quantitative estimate of drug-likeness (QED) is 0.160. The molecule has 2 heterocycles. The van der Waals surface area contributed by atoms with Crippen molar-refractivity contribution in [2.75, 3.05) is 0 Å². The van der Waals surface area contributed by atoms with E-state index in [0.29, 0.717) is 0 Å². The molecule has 0 spiro atoms. The SMILES string of the molecule is c1ccc(-c2nnc(-c3ccc(-c4ccc5c(-c6ccc7ccccc7c6)c6ccccc6c(-c6ccc7ccccc7c6)c5c4)nc3)n2-c2ccccc2)cc1. The van der Waals surface area contributed by atoms with Gasteiger partial charge in [0.1, 0.15) is 0 Å². The van der Waals surface area contributed by atoms with Crippen molar-refractivity contribution in [2.24, 2.45) is 0 Å². The van der Waals surface area contributed by atoms with Crippen LogP contribution >= 0.6 is 0 Å². The van der Waals surface area contributed by atoms with Crippen LogP contribution in [0.15, 0.2) is 206 Å². The van der Waals surface area contributed by atoms with Gasteiger partial charge in [0, 0.05) is 28.6 Å². The molecule has 0 aliphatic carbocycles. The summed E-state index contributed by atoms with van der Waals surface area (Å²) < 4.78 is 2.11. The van der Waals surface area contributed by atoms with Gasteiger partial charge in [0.15, 0.2) is 11.6 Å². The fraction of sp³-hybridized carbons (Fsp3) is 0. The molecule has 0 unspecified atom stereocenters. The van der Waals surface area contributed by atoms with E-state index in [1.165, 1.54) is 65.3 Å². The Labute approximate surface area is 330 Å². The molecule has 0 fully saturated rings. The van der Waals surface area contributed by atoms with Crippen LogP contribution in [-0.2, 0) is 0 Å². The topological polar surface area (TPSA) is 43.6 Å². The number of benzene rings is 9. The van der Waals surface area contributed by atoms with E-state index in [4.69, 9.17) is 10.1 Å². The molecule has 11 aromatic rings. The first kappa shape index (κ1) is 32.7. The van der Waals surface area contributed by atoms with Gasteiger partial charge in [-0.1, -0.05) is 158 Å². The Morgan fingerprint density at radius 1 is 0.316 bits per heavy atom. The molecule has 0 N–H and O–H groups in total. The molecular weight excluding hydrogens is 693 g/mol. The van der Waals surface area contributed by atoms with Gasteiger partial charge in [-0.15, -0.1) is 10.2 Å². The summed E-state index contributed by atoms with van der Waals surface area (Å²) in [6.07, 6.45) is 1.92. The molecule has 9 aromatic carbocycles. The van der Waals surface area contributed by atoms with Crippen LogP contribution in [0.3, 0.4) is 0 Å². The number of nitrogens with zero attached hydrogens (tertiary/aromatic N) is 4. The summed E-state index contributed by atoms with van der Waals surface area (Å²) in [6, 6.07) is 71.2. The van der Waals surface area contributed by atoms with Crippen LogP contribution in [0.5, 0.6) is 0 Å². The maximum Gasteiger partial charge on any atom is 0.170 e. The minimum atomic E-state index is 0.739. The molecule has 0 atom stereocenters. The lowest BCUT2D eigenvalue weighted by Crippen LogP contribution is -2.00. The number of fused-ring (bicyclic) bond motifs is 4. The maximum absolute atomic E-state index is 5.09. The van der Waals surface area contributed by atoms with Crippen LogP contribution in [0, 0.1) is 0 Å². The third kappa shape index (κ3) is 5.66. The fourth-order valence-corrected chi connectivity index (χ4v) is 8.41. The smallest absolute Gasteiger partial charge is 0.170 e. The summed E-state index contributed by atoms with van der Waals surface area (Å²) in [4.78, 5) is 5.09. The lowest BCUT2D eigenvalue weighted by Gasteiger charge is -2.19. The molecule has 2 aromatic heterocycles. The van der Waals surface area contributed by atoms with Gasteiger partial charge in [0.05, 0.1) is 5.69 Å². The summed E-state index contributed by atoms with van der Waals surface area (Å²) >= 11 is 0. The molecule has 266 valence electrons. The van der Waals surface area contributed by atoms with Crippen molar-refractivity contribution < 1.29 is 0 Å². The fourth-order valence-electron chi connectivity index (χ4n) is 8.41. The van der Waals surface area contributed by atoms with Gasteiger partial charge in [-0.25, -0.2) is 0 Å². The summed E-state index contributed by atoms with van der Waals surface area (Å²) in [6.45, 7) is 0. The molecule has 4 heteroatoms. The van der Waals surface area contributed by atoms with Gasteiger partial charge >= 0.3 is 0 Å². The van der Waals surface area contributed by atoms with Crippen molar-refractivity contribution in [1.29, 1.82) is 0 Å². The first-order chi connectivity index (χ1) is 28.3. The minimum Gasteiger partial charge on any atom is -0.275 e. The molecule has 57 heavy (non-hydrogen) atoms. The highest BCUT2D eigenvalue weighted by molar-refractivity contribution is 6.22. The van der Waals surface area contributed by atoms with Gasteiger partial charge in [-0.2, -0.15) is 0 Å². The molecule has 11 rings (SSSR count). The molecule has 0 aliphatic rings. The second-order valence-electron chi connectivity index (χ2n) is 14.5. The normalized spacial score (nSPS) is 11.5. The summed E-state index contributed by atoms with van der Waals surface area (Å²) in [5.41, 5.74) is 9.66. The highest BCUT2D eigenvalue weighted by atomic mass is 15.3. The molecule has 0 amide bonds. The highest BCUT2D eigenvalue weighted by Gasteiger charge is 2.20. The average molecular weight is 727 g/mol. The molecule has 0 saturated carbocycles. The van der Waals surface area contributed by atoms with Crippen LogP contribution in [0.4, 0.5) is 0 Å². The van der Waals surface area contributed by atoms with E-state index in [9.17, 15) is 0 Å². The largest absolute Gasteiger partial charge is 0.275 e. The Hall–Kier alpha value is -7.69. The van der Waals surface area contributed by atoms with Gasteiger partial charge in [0.25, 0.3) is 0 Å². The number of pyridine rings is 1. The standard InChI is InChI=1S/C53H34N4/c1-3-15-37(16-4-1)52-55-56-53(57(52)44-19-5-2-6-20-44)43-28-30-49(54-34-43)40-27-29-47-48(33-40)51(42-26-24-36-14-8-10-18-39(36)32-42)46-22-12-11-21-45(46)50(47)41-25-23-35-13-7-9-17-38(35)31-41/h1-34H. The Kier molecular flexibility index (Phi) is 7.78. The maximum atomic E-state index is 5.09. The Balaban J connectivity index is 1.10. The number of para-hydroxylation sites is 1. The van der Waals surface area contributed by atoms with E-state index >= 15 is 0 Å². The molecule has 0 saturated heterocycles. The second kappa shape index (κ2) is 13.6. The Bertz CT molecular complexity index is 3280. The van der Waals surface area contributed by atoms with Crippen molar-refractivity contribution in [1.82, 2.24) is 19.7 Å². The van der Waals surface area contributed by atoms with E-state index in [1.54, 1.807) is 0 Å². The van der Waals surface area contributed by atoms with E-state index in [-0.39, 0.29) is 0 Å². The van der Waals surface area contributed by atoms with Crippen molar-refractivity contribution in [3.63, 3.8) is 0 Å². The van der Waals surface area contributed by atoms with E-state index in [0.717, 1.165) is 39.7 Å². The van der Waals surface area contributed by atoms with Crippen molar-refractivity contribution in [3.8, 4) is 62.0 Å². The molecular formula is C53H34N4. The monoisotopic (exact) mass is 726 g/mol. The van der Waals surface area contributed by atoms with E-state index in [2.05, 4.69) is 173 Å². The van der Waals surface area contributed by atoms with Crippen molar-refractivity contribution in [2.45, 2.75) is 0 Å². The summed E-state index contributed by atoms with van der Waals surface area (Å²) in [5, 5.41) is 19.1. The van der Waals surface area contributed by atoms with Crippen molar-refractivity contribution >= 4 is 43.1 Å². The summed E-state index contributed by atoms with van der Waals surface area (Å²) in [5.74, 6) is 1.52. The Morgan fingerprint density at radius 3 is 1.42 bits per heavy atom. The van der Waals surface area contributed by atoms with Crippen LogP contribution in [-0.4, -0.2) is 19.7 Å². The molecule has 4 nitrogen and oxygen atoms in total. The second-order valence-corrected chi connectivity index (χ2v) is 14.5. The average Bonchev–Trinajstić information content (AvgIpc) is 3.74. The zero-order valence-electron chi connectivity index (χ0n) is 30.9. The number of hydrogen-bond donors (Lipinski definition) is 0. The van der Waals surface area contributed by atoms with Gasteiger partial charge in [-0.3, -0.25) is 9.55 Å². The van der Waals surface area contributed by atoms with Crippen LogP contribution in [0.1, 0.15) is 0 Å². The molecule has 0 radical (unpaired) electrons. The van der Waals surface area contributed by atoms with Gasteiger partial charge in [0.2, 0.25) is 0 Å². The Morgan fingerprint density at radius 2 is 0.807 bits per heavy atom.